The van der Waals surface area contributed by atoms with Crippen molar-refractivity contribution in [3.63, 3.8) is 0 Å². The quantitative estimate of drug-likeness (QED) is 0.454. The van der Waals surface area contributed by atoms with Crippen molar-refractivity contribution in [3.8, 4) is 0 Å². The Labute approximate surface area is 224 Å². The molecule has 1 fully saturated rings. The molecule has 0 spiro atoms. The standard InChI is InChI=1S/C25H28F2N8O3S/c1-33-13-19(27)9-20(14-33)30-24-29-10-17-12-35(25(36)34(2)23(17)31-24)21-7-8-22(28-11-21)32-39(37,38)15-16-3-5-18(26)6-4-16/h3-8,10-11,19-20H,9,12-15H2,1-2H3,(H,28,32)(H,29,30,31)/t19-,20-/m0/s1. The van der Waals surface area contributed by atoms with Gasteiger partial charge in [0.15, 0.2) is 0 Å². The van der Waals surface area contributed by atoms with Gasteiger partial charge in [0.1, 0.15) is 23.6 Å². The van der Waals surface area contributed by atoms with E-state index in [0.29, 0.717) is 48.1 Å². The second kappa shape index (κ2) is 10.7. The monoisotopic (exact) mass is 558 g/mol. The van der Waals surface area contributed by atoms with Crippen molar-refractivity contribution in [3.05, 3.63) is 65.7 Å². The average Bonchev–Trinajstić information content (AvgIpc) is 2.87. The fourth-order valence-corrected chi connectivity index (χ4v) is 5.86. The average molecular weight is 559 g/mol. The Bertz CT molecular complexity index is 1450. The number of hydrogen-bond donors (Lipinski definition) is 2. The van der Waals surface area contributed by atoms with Crippen LogP contribution in [0.25, 0.3) is 0 Å². The minimum Gasteiger partial charge on any atom is -0.350 e. The van der Waals surface area contributed by atoms with Gasteiger partial charge in [-0.3, -0.25) is 14.5 Å². The lowest BCUT2D eigenvalue weighted by atomic mass is 10.1. The van der Waals surface area contributed by atoms with E-state index in [2.05, 4.69) is 25.0 Å². The van der Waals surface area contributed by atoms with Crippen molar-refractivity contribution in [2.75, 3.05) is 47.0 Å². The molecule has 206 valence electrons. The number of nitrogens with zero attached hydrogens (tertiary/aromatic N) is 6. The third kappa shape index (κ3) is 6.23. The van der Waals surface area contributed by atoms with Gasteiger partial charge in [0, 0.05) is 44.4 Å². The van der Waals surface area contributed by atoms with Crippen molar-refractivity contribution >= 4 is 39.3 Å². The first kappa shape index (κ1) is 26.7. The van der Waals surface area contributed by atoms with Gasteiger partial charge in [0.25, 0.3) is 0 Å². The maximum atomic E-state index is 14.0. The number of aromatic nitrogens is 3. The lowest BCUT2D eigenvalue weighted by Gasteiger charge is -2.35. The zero-order chi connectivity index (χ0) is 27.7. The molecule has 3 aromatic rings. The number of alkyl halides is 1. The fourth-order valence-electron chi connectivity index (χ4n) is 4.72. The van der Waals surface area contributed by atoms with Gasteiger partial charge < -0.3 is 10.2 Å². The Hall–Kier alpha value is -3.91. The molecule has 0 saturated carbocycles. The highest BCUT2D eigenvalue weighted by atomic mass is 32.2. The summed E-state index contributed by atoms with van der Waals surface area (Å²) in [5.41, 5.74) is 1.59. The smallest absolute Gasteiger partial charge is 0.330 e. The number of anilines is 4. The predicted molar refractivity (Wildman–Crippen MR) is 143 cm³/mol. The third-order valence-corrected chi connectivity index (χ3v) is 7.74. The number of likely N-dealkylation sites (N-methyl/N-ethyl adjacent to an activating group) is 1. The van der Waals surface area contributed by atoms with E-state index in [4.69, 9.17) is 0 Å². The van der Waals surface area contributed by atoms with Gasteiger partial charge in [0.05, 0.1) is 24.2 Å². The number of hydrogen-bond acceptors (Lipinski definition) is 8. The first-order valence-corrected chi connectivity index (χ1v) is 13.9. The number of amides is 2. The highest BCUT2D eigenvalue weighted by molar-refractivity contribution is 7.91. The van der Waals surface area contributed by atoms with Crippen LogP contribution in [0, 0.1) is 5.82 Å². The summed E-state index contributed by atoms with van der Waals surface area (Å²) < 4.78 is 54.4. The molecule has 2 N–H and O–H groups in total. The number of nitrogens with one attached hydrogen (secondary N) is 2. The van der Waals surface area contributed by atoms with Crippen LogP contribution >= 0.6 is 0 Å². The normalized spacial score (nSPS) is 20.1. The fraction of sp³-hybridized carbons (Fsp3) is 0.360. The van der Waals surface area contributed by atoms with E-state index >= 15 is 0 Å². The van der Waals surface area contributed by atoms with Crippen molar-refractivity contribution in [1.82, 2.24) is 19.9 Å². The largest absolute Gasteiger partial charge is 0.350 e. The zero-order valence-electron chi connectivity index (χ0n) is 21.4. The molecule has 0 bridgehead atoms. The number of piperidine rings is 1. The number of benzene rings is 1. The molecular formula is C25H28F2N8O3S. The van der Waals surface area contributed by atoms with E-state index < -0.39 is 22.0 Å². The maximum absolute atomic E-state index is 14.0. The summed E-state index contributed by atoms with van der Waals surface area (Å²) >= 11 is 0. The third-order valence-electron chi connectivity index (χ3n) is 6.51. The Morgan fingerprint density at radius 2 is 1.82 bits per heavy atom. The molecule has 39 heavy (non-hydrogen) atoms. The van der Waals surface area contributed by atoms with Crippen LogP contribution in [0.5, 0.6) is 0 Å². The summed E-state index contributed by atoms with van der Waals surface area (Å²) in [6.07, 6.45) is 2.46. The van der Waals surface area contributed by atoms with Crippen molar-refractivity contribution in [2.24, 2.45) is 0 Å². The van der Waals surface area contributed by atoms with E-state index in [1.807, 2.05) is 11.9 Å². The van der Waals surface area contributed by atoms with Crippen LogP contribution < -0.4 is 19.8 Å². The Morgan fingerprint density at radius 3 is 2.51 bits per heavy atom. The molecule has 2 aromatic heterocycles. The number of sulfonamides is 1. The van der Waals surface area contributed by atoms with E-state index in [1.54, 1.807) is 19.3 Å². The SMILES string of the molecule is CN1C[C@@H](F)C[C@H](Nc2ncc3c(n2)N(C)C(=O)N(c2ccc(NS(=O)(=O)Cc4ccc(F)cc4)nc2)C3)C1. The molecule has 14 heteroatoms. The van der Waals surface area contributed by atoms with E-state index in [-0.39, 0.29) is 30.2 Å². The van der Waals surface area contributed by atoms with Crippen LogP contribution in [0.3, 0.4) is 0 Å². The van der Waals surface area contributed by atoms with Crippen LogP contribution in [0.4, 0.5) is 36.8 Å². The molecule has 0 radical (unpaired) electrons. The van der Waals surface area contributed by atoms with Crippen LogP contribution in [0.1, 0.15) is 17.5 Å². The first-order valence-electron chi connectivity index (χ1n) is 12.3. The number of fused-ring (bicyclic) bond motifs is 1. The number of likely N-dealkylation sites (tertiary alicyclic amines) is 1. The first-order chi connectivity index (χ1) is 18.6. The molecule has 0 aliphatic carbocycles. The zero-order valence-corrected chi connectivity index (χ0v) is 22.2. The van der Waals surface area contributed by atoms with Crippen LogP contribution in [0.15, 0.2) is 48.8 Å². The number of halogens is 2. The Morgan fingerprint density at radius 1 is 1.05 bits per heavy atom. The summed E-state index contributed by atoms with van der Waals surface area (Å²) in [4.78, 5) is 31.0. The lowest BCUT2D eigenvalue weighted by molar-refractivity contribution is 0.153. The molecule has 0 unspecified atom stereocenters. The van der Waals surface area contributed by atoms with E-state index in [0.717, 1.165) is 0 Å². The summed E-state index contributed by atoms with van der Waals surface area (Å²) in [5.74, 6) is 0.0726. The Kier molecular flexibility index (Phi) is 7.32. The minimum atomic E-state index is -3.79. The molecule has 5 rings (SSSR count). The molecule has 4 heterocycles. The minimum absolute atomic E-state index is 0.0852. The molecule has 1 saturated heterocycles. The van der Waals surface area contributed by atoms with E-state index in [9.17, 15) is 22.0 Å². The molecule has 2 aliphatic heterocycles. The number of carbonyl (C=O) groups is 1. The molecule has 2 atom stereocenters. The van der Waals surface area contributed by atoms with Gasteiger partial charge in [-0.15, -0.1) is 0 Å². The van der Waals surface area contributed by atoms with Crippen LogP contribution in [-0.2, 0) is 22.3 Å². The number of urea groups is 1. The molecule has 2 amide bonds. The molecular weight excluding hydrogens is 530 g/mol. The lowest BCUT2D eigenvalue weighted by Crippen LogP contribution is -2.47. The summed E-state index contributed by atoms with van der Waals surface area (Å²) in [5, 5.41) is 3.17. The second-order valence-electron chi connectivity index (χ2n) is 9.75. The molecule has 2 aliphatic rings. The second-order valence-corrected chi connectivity index (χ2v) is 11.5. The number of pyridine rings is 1. The van der Waals surface area contributed by atoms with Crippen LogP contribution in [0.2, 0.25) is 0 Å². The summed E-state index contributed by atoms with van der Waals surface area (Å²) in [7, 11) is -0.329. The molecule has 1 aromatic carbocycles. The maximum Gasteiger partial charge on any atom is 0.330 e. The van der Waals surface area contributed by atoms with Gasteiger partial charge in [-0.1, -0.05) is 12.1 Å². The van der Waals surface area contributed by atoms with E-state index in [1.165, 1.54) is 46.3 Å². The van der Waals surface area contributed by atoms with Crippen molar-refractivity contribution in [1.29, 1.82) is 0 Å². The van der Waals surface area contributed by atoms with Gasteiger partial charge in [-0.25, -0.2) is 32.0 Å². The Balaban J connectivity index is 1.26. The number of rotatable bonds is 7. The van der Waals surface area contributed by atoms with Crippen molar-refractivity contribution in [2.45, 2.75) is 30.9 Å². The van der Waals surface area contributed by atoms with Gasteiger partial charge in [-0.2, -0.15) is 4.98 Å². The molecule has 11 nitrogen and oxygen atoms in total. The predicted octanol–water partition coefficient (Wildman–Crippen LogP) is 2.98. The number of carbonyl (C=O) groups excluding carboxylic acids is 1. The summed E-state index contributed by atoms with van der Waals surface area (Å²) in [6.45, 7) is 1.25. The summed E-state index contributed by atoms with van der Waals surface area (Å²) in [6, 6.07) is 7.75. The van der Waals surface area contributed by atoms with Gasteiger partial charge >= 0.3 is 6.03 Å². The van der Waals surface area contributed by atoms with Crippen LogP contribution in [-0.4, -0.2) is 73.7 Å². The topological polar surface area (TPSA) is 124 Å². The highest BCUT2D eigenvalue weighted by Crippen LogP contribution is 2.30. The van der Waals surface area contributed by atoms with Crippen molar-refractivity contribution < 1.29 is 22.0 Å². The van der Waals surface area contributed by atoms with Gasteiger partial charge in [-0.05, 0) is 36.9 Å². The van der Waals surface area contributed by atoms with Gasteiger partial charge in [0.2, 0.25) is 16.0 Å². The highest BCUT2D eigenvalue weighted by Gasteiger charge is 2.32.